The molecule has 0 saturated heterocycles. The predicted molar refractivity (Wildman–Crippen MR) is 181 cm³/mol. The van der Waals surface area contributed by atoms with E-state index in [0.717, 1.165) is 12.8 Å². The zero-order chi connectivity index (χ0) is 36.0. The van der Waals surface area contributed by atoms with Gasteiger partial charge in [-0.1, -0.05) is 62.7 Å². The molecule has 4 aromatic rings. The minimum absolute atomic E-state index is 0.0768. The van der Waals surface area contributed by atoms with Crippen molar-refractivity contribution in [3.8, 4) is 22.9 Å². The molecule has 1 aliphatic heterocycles. The standard InChI is InChI=1S/C35H36ClF2N9O3/c1-33(2,3)20-35(25-8-5-22(6-9-25)24-16-42-46(18-24)30(37)38)29(48)47(31(40)43-35)28(19-50-32(49)44-34(4)11-12-34)23-7-10-26(36)27(13-23)45-17-21(14-39)15-41-45/h5-10,13,15-18,28,30H,11-12,19-20H2,1-4H3,(H2,40,43)(H,44,49)/t28?,35-/m1/s1. The van der Waals surface area contributed by atoms with Crippen LogP contribution in [0, 0.1) is 16.7 Å². The summed E-state index contributed by atoms with van der Waals surface area (Å²) in [6, 6.07) is 13.0. The van der Waals surface area contributed by atoms with Crippen LogP contribution >= 0.6 is 11.6 Å². The van der Waals surface area contributed by atoms with Crippen LogP contribution in [0.5, 0.6) is 0 Å². The minimum Gasteiger partial charge on any atom is -0.447 e. The SMILES string of the molecule is CC(C)(C)C[C@]1(c2ccc(-c3cnn(C(F)F)c3)cc2)N=C(N)N(C(COC(=O)NC2(C)CC2)c2ccc(Cl)c(-n3cc(C#N)cn3)c2)C1=O. The van der Waals surface area contributed by atoms with E-state index in [-0.39, 0.29) is 24.5 Å². The molecule has 0 radical (unpaired) electrons. The van der Waals surface area contributed by atoms with E-state index < -0.39 is 35.5 Å². The lowest BCUT2D eigenvalue weighted by molar-refractivity contribution is -0.135. The molecule has 6 rings (SSSR count). The summed E-state index contributed by atoms with van der Waals surface area (Å²) in [7, 11) is 0. The van der Waals surface area contributed by atoms with Crippen LogP contribution in [0.2, 0.25) is 5.02 Å². The second kappa shape index (κ2) is 12.9. The van der Waals surface area contributed by atoms with Gasteiger partial charge in [-0.3, -0.25) is 9.69 Å². The number of nitriles is 1. The third-order valence-corrected chi connectivity index (χ3v) is 9.13. The molecule has 1 aliphatic carbocycles. The number of rotatable bonds is 10. The number of hydrogen-bond acceptors (Lipinski definition) is 8. The summed E-state index contributed by atoms with van der Waals surface area (Å²) in [5.41, 5.74) is 7.36. The molecule has 1 unspecified atom stereocenters. The monoisotopic (exact) mass is 703 g/mol. The quantitative estimate of drug-likeness (QED) is 0.192. The first kappa shape index (κ1) is 34.6. The number of aromatic nitrogens is 4. The third kappa shape index (κ3) is 6.91. The number of nitrogens with two attached hydrogens (primary N) is 1. The van der Waals surface area contributed by atoms with E-state index in [1.807, 2.05) is 33.8 Å². The smallest absolute Gasteiger partial charge is 0.407 e. The Morgan fingerprint density at radius 1 is 1.12 bits per heavy atom. The summed E-state index contributed by atoms with van der Waals surface area (Å²) >= 11 is 6.57. The first-order valence-corrected chi connectivity index (χ1v) is 16.3. The molecule has 1 fully saturated rings. The van der Waals surface area contributed by atoms with Crippen molar-refractivity contribution in [3.05, 3.63) is 89.0 Å². The Morgan fingerprint density at radius 2 is 1.84 bits per heavy atom. The van der Waals surface area contributed by atoms with Crippen LogP contribution in [0.3, 0.4) is 0 Å². The van der Waals surface area contributed by atoms with Gasteiger partial charge in [-0.05, 0) is 60.4 Å². The first-order chi connectivity index (χ1) is 23.6. The topological polar surface area (TPSA) is 156 Å². The number of ether oxygens (including phenoxy) is 1. The van der Waals surface area contributed by atoms with Gasteiger partial charge in [0.15, 0.2) is 11.5 Å². The Kier molecular flexibility index (Phi) is 8.90. The van der Waals surface area contributed by atoms with Crippen LogP contribution in [-0.2, 0) is 15.1 Å². The number of hydrogen-bond donors (Lipinski definition) is 2. The van der Waals surface area contributed by atoms with Gasteiger partial charge in [-0.15, -0.1) is 0 Å². The molecule has 3 N–H and O–H groups in total. The Balaban J connectivity index is 1.39. The summed E-state index contributed by atoms with van der Waals surface area (Å²) in [6.45, 7) is 4.83. The highest BCUT2D eigenvalue weighted by molar-refractivity contribution is 6.32. The lowest BCUT2D eigenvalue weighted by Gasteiger charge is -2.35. The molecule has 1 saturated carbocycles. The predicted octanol–water partition coefficient (Wildman–Crippen LogP) is 6.46. The van der Waals surface area contributed by atoms with Gasteiger partial charge in [0.1, 0.15) is 12.7 Å². The fourth-order valence-corrected chi connectivity index (χ4v) is 6.31. The summed E-state index contributed by atoms with van der Waals surface area (Å²) in [4.78, 5) is 34.0. The van der Waals surface area contributed by atoms with Gasteiger partial charge in [0, 0.05) is 23.5 Å². The Bertz CT molecular complexity index is 2010. The molecule has 2 aromatic heterocycles. The molecule has 0 bridgehead atoms. The fourth-order valence-electron chi connectivity index (χ4n) is 6.10. The maximum absolute atomic E-state index is 14.9. The largest absolute Gasteiger partial charge is 0.447 e. The minimum atomic E-state index is -2.77. The van der Waals surface area contributed by atoms with E-state index in [1.165, 1.54) is 34.4 Å². The van der Waals surface area contributed by atoms with E-state index >= 15 is 0 Å². The van der Waals surface area contributed by atoms with Gasteiger partial charge in [0.05, 0.1) is 34.7 Å². The van der Waals surface area contributed by atoms with E-state index in [0.29, 0.717) is 43.2 Å². The van der Waals surface area contributed by atoms with Gasteiger partial charge >= 0.3 is 12.6 Å². The molecule has 2 atom stereocenters. The van der Waals surface area contributed by atoms with E-state index in [2.05, 4.69) is 15.5 Å². The number of aliphatic imine (C=N–C) groups is 1. The van der Waals surface area contributed by atoms with Crippen molar-refractivity contribution in [2.24, 2.45) is 16.1 Å². The highest BCUT2D eigenvalue weighted by Crippen LogP contribution is 2.45. The molecule has 260 valence electrons. The zero-order valence-corrected chi connectivity index (χ0v) is 28.7. The summed E-state index contributed by atoms with van der Waals surface area (Å²) in [6.07, 6.45) is 6.80. The second-order valence-corrected chi connectivity index (χ2v) is 14.5. The second-order valence-electron chi connectivity index (χ2n) is 14.1. The van der Waals surface area contributed by atoms with Crippen LogP contribution in [0.1, 0.15) is 76.2 Å². The number of carbonyl (C=O) groups is 2. The zero-order valence-electron chi connectivity index (χ0n) is 27.9. The van der Waals surface area contributed by atoms with Crippen LogP contribution in [0.15, 0.2) is 72.2 Å². The average molecular weight is 704 g/mol. The van der Waals surface area contributed by atoms with Crippen molar-refractivity contribution < 1.29 is 23.1 Å². The first-order valence-electron chi connectivity index (χ1n) is 15.9. The number of carbonyl (C=O) groups excluding carboxylic acids is 2. The van der Waals surface area contributed by atoms with Crippen LogP contribution in [0.25, 0.3) is 16.8 Å². The average Bonchev–Trinajstić information content (AvgIpc) is 3.42. The van der Waals surface area contributed by atoms with Gasteiger partial charge in [-0.2, -0.15) is 24.2 Å². The van der Waals surface area contributed by atoms with E-state index in [9.17, 15) is 23.6 Å². The van der Waals surface area contributed by atoms with Crippen LogP contribution < -0.4 is 11.1 Å². The molecule has 15 heteroatoms. The van der Waals surface area contributed by atoms with Crippen LogP contribution in [-0.4, -0.2) is 54.6 Å². The van der Waals surface area contributed by atoms with Crippen molar-refractivity contribution in [1.82, 2.24) is 29.8 Å². The number of halogens is 3. The Labute approximate surface area is 292 Å². The number of guanidine groups is 1. The lowest BCUT2D eigenvalue weighted by Crippen LogP contribution is -2.48. The molecule has 50 heavy (non-hydrogen) atoms. The molecule has 2 aromatic carbocycles. The number of nitrogens with one attached hydrogen (secondary N) is 1. The Hall–Kier alpha value is -5.29. The van der Waals surface area contributed by atoms with E-state index in [1.54, 1.807) is 42.5 Å². The molecule has 2 aliphatic rings. The normalized spacial score (nSPS) is 18.9. The third-order valence-electron chi connectivity index (χ3n) is 8.81. The van der Waals surface area contributed by atoms with Crippen LogP contribution in [0.4, 0.5) is 13.6 Å². The summed E-state index contributed by atoms with van der Waals surface area (Å²) in [5.74, 6) is -0.513. The number of alkyl halides is 2. The molecule has 2 amide bonds. The van der Waals surface area contributed by atoms with Gasteiger partial charge in [-0.25, -0.2) is 19.2 Å². The van der Waals surface area contributed by atoms with Crippen molar-refractivity contribution in [1.29, 1.82) is 5.26 Å². The van der Waals surface area contributed by atoms with Crippen molar-refractivity contribution in [3.63, 3.8) is 0 Å². The number of amides is 2. The molecule has 3 heterocycles. The maximum atomic E-state index is 14.9. The van der Waals surface area contributed by atoms with Gasteiger partial charge in [0.2, 0.25) is 0 Å². The highest BCUT2D eigenvalue weighted by Gasteiger charge is 2.53. The van der Waals surface area contributed by atoms with Crippen molar-refractivity contribution in [2.45, 2.75) is 70.6 Å². The number of alkyl carbamates (subject to hydrolysis) is 1. The number of nitrogens with zero attached hydrogens (tertiary/aromatic N) is 7. The lowest BCUT2D eigenvalue weighted by atomic mass is 9.75. The number of benzene rings is 2. The van der Waals surface area contributed by atoms with Gasteiger partial charge in [0.25, 0.3) is 5.91 Å². The Morgan fingerprint density at radius 3 is 2.44 bits per heavy atom. The fraction of sp³-hybridized carbons (Fsp3) is 0.371. The molecular formula is C35H36ClF2N9O3. The molecule has 12 nitrogen and oxygen atoms in total. The summed E-state index contributed by atoms with van der Waals surface area (Å²) < 4.78 is 34.1. The van der Waals surface area contributed by atoms with Crippen molar-refractivity contribution >= 4 is 29.6 Å². The van der Waals surface area contributed by atoms with Crippen molar-refractivity contribution in [2.75, 3.05) is 6.61 Å². The highest BCUT2D eigenvalue weighted by atomic mass is 35.5. The molecule has 0 spiro atoms. The van der Waals surface area contributed by atoms with E-state index in [4.69, 9.17) is 27.1 Å². The summed E-state index contributed by atoms with van der Waals surface area (Å²) in [5, 5.41) is 20.5. The van der Waals surface area contributed by atoms with Gasteiger partial charge < -0.3 is 15.8 Å². The molecular weight excluding hydrogens is 668 g/mol. The maximum Gasteiger partial charge on any atom is 0.407 e.